The molecule has 0 bridgehead atoms. The predicted molar refractivity (Wildman–Crippen MR) is 84.0 cm³/mol. The fourth-order valence-electron chi connectivity index (χ4n) is 2.78. The van der Waals surface area contributed by atoms with E-state index < -0.39 is 0 Å². The average Bonchev–Trinajstić information content (AvgIpc) is 2.68. The van der Waals surface area contributed by atoms with E-state index in [9.17, 15) is 0 Å². The standard InChI is InChI=1S/C17H26N2/c1-11(2)18-10-6-7-15-14(5)19-17-13(4)9-8-12(3)16(15)17/h8-9,11,18-19H,6-7,10H2,1-5H3. The molecule has 2 rings (SSSR count). The lowest BCUT2D eigenvalue weighted by Crippen LogP contribution is -2.23. The van der Waals surface area contributed by atoms with E-state index in [2.05, 4.69) is 57.1 Å². The summed E-state index contributed by atoms with van der Waals surface area (Å²) in [5.41, 5.74) is 6.88. The predicted octanol–water partition coefficient (Wildman–Crippen LogP) is 4.02. The number of hydrogen-bond donors (Lipinski definition) is 2. The molecule has 0 amide bonds. The summed E-state index contributed by atoms with van der Waals surface area (Å²) in [6.07, 6.45) is 2.34. The number of aryl methyl sites for hydroxylation is 4. The zero-order chi connectivity index (χ0) is 14.0. The molecule has 2 aromatic rings. The molecule has 1 heterocycles. The molecule has 0 aliphatic rings. The Hall–Kier alpha value is -1.28. The Morgan fingerprint density at radius 3 is 2.47 bits per heavy atom. The molecule has 2 heteroatoms. The third kappa shape index (κ3) is 3.01. The fraction of sp³-hybridized carbons (Fsp3) is 0.529. The second-order valence-corrected chi connectivity index (χ2v) is 5.89. The monoisotopic (exact) mass is 258 g/mol. The second-order valence-electron chi connectivity index (χ2n) is 5.89. The zero-order valence-electron chi connectivity index (χ0n) is 12.9. The Labute approximate surface area is 116 Å². The topological polar surface area (TPSA) is 27.8 Å². The minimum Gasteiger partial charge on any atom is -0.358 e. The van der Waals surface area contributed by atoms with E-state index >= 15 is 0 Å². The molecule has 0 unspecified atom stereocenters. The molecule has 0 atom stereocenters. The normalized spacial score (nSPS) is 11.7. The largest absolute Gasteiger partial charge is 0.358 e. The fourth-order valence-corrected chi connectivity index (χ4v) is 2.78. The molecule has 0 radical (unpaired) electrons. The molecule has 0 aliphatic heterocycles. The molecule has 19 heavy (non-hydrogen) atoms. The van der Waals surface area contributed by atoms with Crippen molar-refractivity contribution in [1.82, 2.24) is 10.3 Å². The van der Waals surface area contributed by atoms with Crippen LogP contribution in [0.15, 0.2) is 12.1 Å². The molecular weight excluding hydrogens is 232 g/mol. The maximum Gasteiger partial charge on any atom is 0.0491 e. The van der Waals surface area contributed by atoms with Gasteiger partial charge in [-0.05, 0) is 56.8 Å². The van der Waals surface area contributed by atoms with Crippen molar-refractivity contribution in [3.63, 3.8) is 0 Å². The first kappa shape index (κ1) is 14.1. The van der Waals surface area contributed by atoms with Crippen molar-refractivity contribution in [3.05, 3.63) is 34.5 Å². The molecule has 0 spiro atoms. The number of H-pyrrole nitrogens is 1. The van der Waals surface area contributed by atoms with Crippen molar-refractivity contribution < 1.29 is 0 Å². The minimum absolute atomic E-state index is 0.577. The lowest BCUT2D eigenvalue weighted by molar-refractivity contribution is 0.570. The highest BCUT2D eigenvalue weighted by atomic mass is 14.9. The van der Waals surface area contributed by atoms with Gasteiger partial charge >= 0.3 is 0 Å². The van der Waals surface area contributed by atoms with Crippen LogP contribution < -0.4 is 5.32 Å². The lowest BCUT2D eigenvalue weighted by Gasteiger charge is -2.08. The second kappa shape index (κ2) is 5.79. The summed E-state index contributed by atoms with van der Waals surface area (Å²) in [6.45, 7) is 12.1. The number of fused-ring (bicyclic) bond motifs is 1. The Kier molecular flexibility index (Phi) is 4.31. The van der Waals surface area contributed by atoms with Gasteiger partial charge in [-0.2, -0.15) is 0 Å². The summed E-state index contributed by atoms with van der Waals surface area (Å²) in [7, 11) is 0. The van der Waals surface area contributed by atoms with Gasteiger partial charge in [-0.1, -0.05) is 26.0 Å². The van der Waals surface area contributed by atoms with E-state index in [1.807, 2.05) is 0 Å². The third-order valence-electron chi connectivity index (χ3n) is 3.85. The molecule has 2 nitrogen and oxygen atoms in total. The molecule has 0 fully saturated rings. The summed E-state index contributed by atoms with van der Waals surface area (Å²) >= 11 is 0. The van der Waals surface area contributed by atoms with Crippen LogP contribution in [0, 0.1) is 20.8 Å². The van der Waals surface area contributed by atoms with Gasteiger partial charge in [0.25, 0.3) is 0 Å². The molecule has 0 saturated carbocycles. The van der Waals surface area contributed by atoms with Gasteiger partial charge in [-0.3, -0.25) is 0 Å². The molecule has 104 valence electrons. The molecule has 1 aromatic carbocycles. The first-order valence-corrected chi connectivity index (χ1v) is 7.31. The number of hydrogen-bond acceptors (Lipinski definition) is 1. The van der Waals surface area contributed by atoms with Crippen molar-refractivity contribution >= 4 is 10.9 Å². The minimum atomic E-state index is 0.577. The first-order valence-electron chi connectivity index (χ1n) is 7.31. The van der Waals surface area contributed by atoms with Crippen LogP contribution in [0.1, 0.15) is 42.7 Å². The van der Waals surface area contributed by atoms with Crippen LogP contribution in [-0.4, -0.2) is 17.6 Å². The van der Waals surface area contributed by atoms with Gasteiger partial charge in [-0.15, -0.1) is 0 Å². The highest BCUT2D eigenvalue weighted by Gasteiger charge is 2.11. The first-order chi connectivity index (χ1) is 9.00. The molecule has 1 aromatic heterocycles. The van der Waals surface area contributed by atoms with Crippen LogP contribution >= 0.6 is 0 Å². The SMILES string of the molecule is Cc1[nH]c2c(C)ccc(C)c2c1CCCNC(C)C. The van der Waals surface area contributed by atoms with Gasteiger partial charge in [0.15, 0.2) is 0 Å². The van der Waals surface area contributed by atoms with E-state index in [4.69, 9.17) is 0 Å². The number of aromatic nitrogens is 1. The number of rotatable bonds is 5. The van der Waals surface area contributed by atoms with E-state index in [0.29, 0.717) is 6.04 Å². The molecule has 0 aliphatic carbocycles. The molecule has 0 saturated heterocycles. The van der Waals surface area contributed by atoms with E-state index in [0.717, 1.165) is 13.0 Å². The number of benzene rings is 1. The average molecular weight is 258 g/mol. The van der Waals surface area contributed by atoms with Gasteiger partial charge in [0, 0.05) is 22.6 Å². The quantitative estimate of drug-likeness (QED) is 0.779. The van der Waals surface area contributed by atoms with E-state index in [1.165, 1.54) is 39.7 Å². The van der Waals surface area contributed by atoms with Crippen LogP contribution in [0.4, 0.5) is 0 Å². The Morgan fingerprint density at radius 2 is 1.79 bits per heavy atom. The Bertz CT molecular complexity index is 564. The molecular formula is C17H26N2. The maximum atomic E-state index is 3.57. The van der Waals surface area contributed by atoms with Crippen molar-refractivity contribution in [2.24, 2.45) is 0 Å². The van der Waals surface area contributed by atoms with Crippen molar-refractivity contribution in [1.29, 1.82) is 0 Å². The van der Waals surface area contributed by atoms with Crippen LogP contribution in [-0.2, 0) is 6.42 Å². The Morgan fingerprint density at radius 1 is 1.11 bits per heavy atom. The van der Waals surface area contributed by atoms with Gasteiger partial charge in [-0.25, -0.2) is 0 Å². The lowest BCUT2D eigenvalue weighted by atomic mass is 10.00. The van der Waals surface area contributed by atoms with Gasteiger partial charge < -0.3 is 10.3 Å². The van der Waals surface area contributed by atoms with Crippen LogP contribution in [0.25, 0.3) is 10.9 Å². The van der Waals surface area contributed by atoms with Crippen molar-refractivity contribution in [2.45, 2.75) is 53.5 Å². The highest BCUT2D eigenvalue weighted by molar-refractivity contribution is 5.90. The van der Waals surface area contributed by atoms with Crippen LogP contribution in [0.3, 0.4) is 0 Å². The molecule has 2 N–H and O–H groups in total. The van der Waals surface area contributed by atoms with Gasteiger partial charge in [0.05, 0.1) is 0 Å². The number of nitrogens with one attached hydrogen (secondary N) is 2. The van der Waals surface area contributed by atoms with E-state index in [1.54, 1.807) is 0 Å². The summed E-state index contributed by atoms with van der Waals surface area (Å²) in [6, 6.07) is 5.02. The maximum absolute atomic E-state index is 3.57. The third-order valence-corrected chi connectivity index (χ3v) is 3.85. The zero-order valence-corrected chi connectivity index (χ0v) is 12.9. The van der Waals surface area contributed by atoms with Crippen molar-refractivity contribution in [3.8, 4) is 0 Å². The smallest absolute Gasteiger partial charge is 0.0491 e. The summed E-state index contributed by atoms with van der Waals surface area (Å²) < 4.78 is 0. The summed E-state index contributed by atoms with van der Waals surface area (Å²) in [4.78, 5) is 3.57. The number of aromatic amines is 1. The van der Waals surface area contributed by atoms with Crippen LogP contribution in [0.5, 0.6) is 0 Å². The van der Waals surface area contributed by atoms with Crippen LogP contribution in [0.2, 0.25) is 0 Å². The summed E-state index contributed by atoms with van der Waals surface area (Å²) in [5, 5.41) is 4.94. The highest BCUT2D eigenvalue weighted by Crippen LogP contribution is 2.28. The van der Waals surface area contributed by atoms with Gasteiger partial charge in [0.2, 0.25) is 0 Å². The van der Waals surface area contributed by atoms with Gasteiger partial charge in [0.1, 0.15) is 0 Å². The van der Waals surface area contributed by atoms with Crippen molar-refractivity contribution in [2.75, 3.05) is 6.54 Å². The Balaban J connectivity index is 2.23. The summed E-state index contributed by atoms with van der Waals surface area (Å²) in [5.74, 6) is 0. The van der Waals surface area contributed by atoms with E-state index in [-0.39, 0.29) is 0 Å².